The van der Waals surface area contributed by atoms with E-state index in [0.29, 0.717) is 5.92 Å². The molecule has 3 rings (SSSR count). The summed E-state index contributed by atoms with van der Waals surface area (Å²) in [7, 11) is 0. The van der Waals surface area contributed by atoms with Gasteiger partial charge in [0.2, 0.25) is 0 Å². The molecule has 3 aliphatic rings. The first-order valence-electron chi connectivity index (χ1n) is 10.2. The number of hydrogen-bond donors (Lipinski definition) is 2. The van der Waals surface area contributed by atoms with Gasteiger partial charge in [-0.2, -0.15) is 0 Å². The number of carbonyl (C=O) groups excluding carboxylic acids is 1. The molecule has 2 heterocycles. The van der Waals surface area contributed by atoms with E-state index >= 15 is 0 Å². The Morgan fingerprint density at radius 2 is 1.85 bits per heavy atom. The molecule has 9 atom stereocenters. The third-order valence-electron chi connectivity index (χ3n) is 7.38. The SMILES string of the molecule is C=C(C(C)=O)[C@H](O)C[C@H]1O[C@@H]2O[C@@H](C)CC[C@H]3[C@H](C)CC[C@@H]([C@H]1C)[C@@]23OO. The Morgan fingerprint density at radius 3 is 2.48 bits per heavy atom. The molecular formula is C21H34O6. The van der Waals surface area contributed by atoms with Crippen molar-refractivity contribution in [2.45, 2.75) is 90.0 Å². The highest BCUT2D eigenvalue weighted by atomic mass is 17.1. The van der Waals surface area contributed by atoms with E-state index in [1.165, 1.54) is 6.92 Å². The number of rotatable bonds is 5. The van der Waals surface area contributed by atoms with Crippen LogP contribution in [-0.4, -0.2) is 46.3 Å². The summed E-state index contributed by atoms with van der Waals surface area (Å²) in [5.74, 6) is 0.479. The quantitative estimate of drug-likeness (QED) is 0.431. The molecule has 2 aliphatic heterocycles. The lowest BCUT2D eigenvalue weighted by atomic mass is 9.57. The molecule has 0 amide bonds. The number of aliphatic hydroxyl groups excluding tert-OH is 1. The van der Waals surface area contributed by atoms with Crippen molar-refractivity contribution in [3.63, 3.8) is 0 Å². The summed E-state index contributed by atoms with van der Waals surface area (Å²) in [4.78, 5) is 16.8. The van der Waals surface area contributed by atoms with Crippen LogP contribution < -0.4 is 0 Å². The lowest BCUT2D eigenvalue weighted by Crippen LogP contribution is -2.67. The van der Waals surface area contributed by atoms with Crippen LogP contribution in [0.25, 0.3) is 0 Å². The van der Waals surface area contributed by atoms with Crippen LogP contribution in [0.1, 0.15) is 59.8 Å². The van der Waals surface area contributed by atoms with E-state index in [1.54, 1.807) is 0 Å². The predicted octanol–water partition coefficient (Wildman–Crippen LogP) is 3.33. The third-order valence-corrected chi connectivity index (χ3v) is 7.38. The molecule has 2 N–H and O–H groups in total. The van der Waals surface area contributed by atoms with Gasteiger partial charge in [-0.05, 0) is 57.3 Å². The van der Waals surface area contributed by atoms with E-state index in [4.69, 9.17) is 14.4 Å². The average Bonchev–Trinajstić information content (AvgIpc) is 2.77. The average molecular weight is 382 g/mol. The van der Waals surface area contributed by atoms with Crippen molar-refractivity contribution in [1.82, 2.24) is 0 Å². The monoisotopic (exact) mass is 382 g/mol. The lowest BCUT2D eigenvalue weighted by Gasteiger charge is -2.58. The van der Waals surface area contributed by atoms with Gasteiger partial charge in [0.15, 0.2) is 17.7 Å². The molecule has 0 aromatic heterocycles. The van der Waals surface area contributed by atoms with Crippen molar-refractivity contribution < 1.29 is 29.5 Å². The summed E-state index contributed by atoms with van der Waals surface area (Å²) in [5, 5.41) is 20.5. The Morgan fingerprint density at radius 1 is 1.19 bits per heavy atom. The van der Waals surface area contributed by atoms with Crippen LogP contribution in [0.15, 0.2) is 12.2 Å². The number of Topliss-reactive ketones (excluding diaryl/α,β-unsaturated/α-hetero) is 1. The van der Waals surface area contributed by atoms with Crippen LogP contribution in [0.2, 0.25) is 0 Å². The van der Waals surface area contributed by atoms with E-state index in [9.17, 15) is 15.2 Å². The molecule has 2 saturated heterocycles. The number of hydrogen-bond acceptors (Lipinski definition) is 6. The standard InChI is InChI=1S/C21H34O6/c1-11-6-8-17-14(4)19(10-18(23)13(3)15(5)22)26-20-21(17,27-24)16(11)9-7-12(2)25-20/h11-12,14,16-20,23-24H,3,6-10H2,1-2,4-5H3/t11-,12+,14-,16+,17+,18-,19-,20+,21-/m1/s1. The maximum Gasteiger partial charge on any atom is 0.190 e. The van der Waals surface area contributed by atoms with Gasteiger partial charge in [-0.1, -0.05) is 20.4 Å². The zero-order valence-corrected chi connectivity index (χ0v) is 16.9. The van der Waals surface area contributed by atoms with Gasteiger partial charge < -0.3 is 14.6 Å². The normalized spacial score (nSPS) is 45.5. The Bertz CT molecular complexity index is 577. The van der Waals surface area contributed by atoms with Gasteiger partial charge in [-0.15, -0.1) is 0 Å². The number of ether oxygens (including phenoxy) is 2. The lowest BCUT2D eigenvalue weighted by molar-refractivity contribution is -0.445. The molecule has 6 nitrogen and oxygen atoms in total. The van der Waals surface area contributed by atoms with Gasteiger partial charge >= 0.3 is 0 Å². The molecule has 3 fully saturated rings. The minimum absolute atomic E-state index is 0.00615. The second kappa shape index (κ2) is 7.91. The molecule has 6 heteroatoms. The molecule has 27 heavy (non-hydrogen) atoms. The summed E-state index contributed by atoms with van der Waals surface area (Å²) in [5.41, 5.74) is -0.674. The molecule has 0 unspecified atom stereocenters. The number of ketones is 1. The molecule has 0 spiro atoms. The molecule has 0 bridgehead atoms. The van der Waals surface area contributed by atoms with Gasteiger partial charge in [0.25, 0.3) is 0 Å². The maximum atomic E-state index is 11.6. The van der Waals surface area contributed by atoms with Crippen LogP contribution >= 0.6 is 0 Å². The first-order valence-corrected chi connectivity index (χ1v) is 10.2. The van der Waals surface area contributed by atoms with Gasteiger partial charge in [-0.3, -0.25) is 10.1 Å². The smallest absolute Gasteiger partial charge is 0.190 e. The van der Waals surface area contributed by atoms with Crippen LogP contribution in [0, 0.1) is 23.7 Å². The Balaban J connectivity index is 1.90. The second-order valence-electron chi connectivity index (χ2n) is 8.94. The molecule has 1 saturated carbocycles. The van der Waals surface area contributed by atoms with Crippen molar-refractivity contribution in [2.24, 2.45) is 23.7 Å². The number of aliphatic hydroxyl groups is 1. The van der Waals surface area contributed by atoms with Crippen molar-refractivity contribution in [3.05, 3.63) is 12.2 Å². The Labute approximate surface area is 161 Å². The van der Waals surface area contributed by atoms with Crippen LogP contribution in [0.4, 0.5) is 0 Å². The van der Waals surface area contributed by atoms with Crippen LogP contribution in [0.5, 0.6) is 0 Å². The fraction of sp³-hybridized carbons (Fsp3) is 0.857. The van der Waals surface area contributed by atoms with Crippen molar-refractivity contribution >= 4 is 5.78 Å². The van der Waals surface area contributed by atoms with E-state index < -0.39 is 18.0 Å². The minimum Gasteiger partial charge on any atom is -0.388 e. The summed E-state index contributed by atoms with van der Waals surface area (Å²) in [6, 6.07) is 0. The van der Waals surface area contributed by atoms with Crippen molar-refractivity contribution in [3.8, 4) is 0 Å². The van der Waals surface area contributed by atoms with E-state index in [2.05, 4.69) is 20.4 Å². The van der Waals surface area contributed by atoms with Gasteiger partial charge in [0, 0.05) is 17.9 Å². The minimum atomic E-state index is -0.945. The van der Waals surface area contributed by atoms with Gasteiger partial charge in [0.1, 0.15) is 0 Å². The van der Waals surface area contributed by atoms with E-state index in [0.717, 1.165) is 25.7 Å². The maximum absolute atomic E-state index is 11.6. The molecule has 1 aliphatic carbocycles. The molecule has 0 radical (unpaired) electrons. The molecular weight excluding hydrogens is 348 g/mol. The van der Waals surface area contributed by atoms with Crippen molar-refractivity contribution in [1.29, 1.82) is 0 Å². The zero-order chi connectivity index (χ0) is 19.9. The molecule has 0 aromatic rings. The Kier molecular flexibility index (Phi) is 6.14. The predicted molar refractivity (Wildman–Crippen MR) is 99.9 cm³/mol. The summed E-state index contributed by atoms with van der Waals surface area (Å²) < 4.78 is 12.5. The molecule has 0 aromatic carbocycles. The Hall–Kier alpha value is -0.790. The summed E-state index contributed by atoms with van der Waals surface area (Å²) in [6.07, 6.45) is 2.18. The first kappa shape index (κ1) is 20.9. The number of carbonyl (C=O) groups is 1. The topological polar surface area (TPSA) is 85.2 Å². The first-order chi connectivity index (χ1) is 12.7. The highest BCUT2D eigenvalue weighted by Gasteiger charge is 2.64. The van der Waals surface area contributed by atoms with Crippen molar-refractivity contribution in [2.75, 3.05) is 0 Å². The fourth-order valence-corrected chi connectivity index (χ4v) is 5.65. The highest BCUT2D eigenvalue weighted by Crippen LogP contribution is 2.56. The summed E-state index contributed by atoms with van der Waals surface area (Å²) in [6.45, 7) is 11.4. The largest absolute Gasteiger partial charge is 0.388 e. The van der Waals surface area contributed by atoms with Gasteiger partial charge in [-0.25, -0.2) is 4.89 Å². The van der Waals surface area contributed by atoms with Gasteiger partial charge in [0.05, 0.1) is 18.3 Å². The fourth-order valence-electron chi connectivity index (χ4n) is 5.65. The zero-order valence-electron chi connectivity index (χ0n) is 16.9. The molecule has 154 valence electrons. The van der Waals surface area contributed by atoms with E-state index in [1.807, 2.05) is 6.92 Å². The second-order valence-corrected chi connectivity index (χ2v) is 8.94. The summed E-state index contributed by atoms with van der Waals surface area (Å²) >= 11 is 0. The van der Waals surface area contributed by atoms with Crippen LogP contribution in [-0.2, 0) is 19.2 Å². The third kappa shape index (κ3) is 3.51. The van der Waals surface area contributed by atoms with E-state index in [-0.39, 0.29) is 47.7 Å². The van der Waals surface area contributed by atoms with Crippen LogP contribution in [0.3, 0.4) is 0 Å². The highest BCUT2D eigenvalue weighted by molar-refractivity contribution is 5.93.